The first-order valence-corrected chi connectivity index (χ1v) is 7.47. The molecule has 10 nitrogen and oxygen atoms in total. The lowest BCUT2D eigenvalue weighted by Crippen LogP contribution is -2.33. The quantitative estimate of drug-likeness (QED) is 0.509. The Hall–Kier alpha value is -2.27. The van der Waals surface area contributed by atoms with Crippen molar-refractivity contribution in [2.45, 2.75) is 31.5 Å². The minimum absolute atomic E-state index is 0.135. The summed E-state index contributed by atoms with van der Waals surface area (Å²) in [5.74, 6) is 0.429. The van der Waals surface area contributed by atoms with Crippen LogP contribution in [0.2, 0.25) is 0 Å². The standard InChI is InChI=1S/C14H17N5O5/c1-6-3-18-12(23)8-11(16-14(18)17(6)2)19(5-15-8)13-10(22)9(21)7(4-20)24-13/h3,5,7,9-10,13,20-22H,4H2,1-2H3/t7-,9?,10+,13-/m1/s1. The molecule has 1 aliphatic heterocycles. The largest absolute Gasteiger partial charge is 0.394 e. The summed E-state index contributed by atoms with van der Waals surface area (Å²) in [6.45, 7) is 1.42. The molecule has 10 heteroatoms. The number of aromatic nitrogens is 5. The van der Waals surface area contributed by atoms with Crippen LogP contribution in [0.5, 0.6) is 0 Å². The van der Waals surface area contributed by atoms with Crippen molar-refractivity contribution in [3.8, 4) is 0 Å². The van der Waals surface area contributed by atoms with E-state index in [0.717, 1.165) is 5.69 Å². The summed E-state index contributed by atoms with van der Waals surface area (Å²) in [7, 11) is 1.79. The van der Waals surface area contributed by atoms with E-state index in [1.807, 2.05) is 6.92 Å². The predicted octanol–water partition coefficient (Wildman–Crippen LogP) is -1.70. The highest BCUT2D eigenvalue weighted by Gasteiger charge is 2.44. The molecule has 1 aliphatic rings. The topological polar surface area (TPSA) is 127 Å². The van der Waals surface area contributed by atoms with Crippen LogP contribution >= 0.6 is 0 Å². The van der Waals surface area contributed by atoms with E-state index in [4.69, 9.17) is 4.74 Å². The van der Waals surface area contributed by atoms with Crippen LogP contribution in [0.1, 0.15) is 11.9 Å². The van der Waals surface area contributed by atoms with Crippen molar-refractivity contribution in [1.29, 1.82) is 0 Å². The van der Waals surface area contributed by atoms with Crippen molar-refractivity contribution < 1.29 is 20.1 Å². The second kappa shape index (κ2) is 5.11. The molecule has 0 aromatic carbocycles. The maximum absolute atomic E-state index is 12.6. The zero-order valence-corrected chi connectivity index (χ0v) is 13.1. The Labute approximate surface area is 135 Å². The van der Waals surface area contributed by atoms with Gasteiger partial charge in [-0.1, -0.05) is 0 Å². The van der Waals surface area contributed by atoms with Crippen LogP contribution in [-0.4, -0.2) is 63.7 Å². The molecule has 4 rings (SSSR count). The van der Waals surface area contributed by atoms with E-state index in [0.29, 0.717) is 5.78 Å². The number of aryl methyl sites for hydroxylation is 2. The maximum atomic E-state index is 12.6. The molecular weight excluding hydrogens is 318 g/mol. The fourth-order valence-corrected chi connectivity index (χ4v) is 3.05. The van der Waals surface area contributed by atoms with Crippen molar-refractivity contribution in [2.75, 3.05) is 6.61 Å². The minimum atomic E-state index is -1.27. The second-order valence-corrected chi connectivity index (χ2v) is 5.97. The van der Waals surface area contributed by atoms with E-state index >= 15 is 0 Å². The summed E-state index contributed by atoms with van der Waals surface area (Å²) in [5.41, 5.74) is 0.905. The highest BCUT2D eigenvalue weighted by molar-refractivity contribution is 5.72. The summed E-state index contributed by atoms with van der Waals surface area (Å²) < 4.78 is 10.1. The van der Waals surface area contributed by atoms with Gasteiger partial charge in [-0.05, 0) is 6.92 Å². The van der Waals surface area contributed by atoms with Gasteiger partial charge >= 0.3 is 0 Å². The van der Waals surface area contributed by atoms with Crippen LogP contribution in [-0.2, 0) is 11.8 Å². The minimum Gasteiger partial charge on any atom is -0.394 e. The summed E-state index contributed by atoms with van der Waals surface area (Å²) >= 11 is 0. The monoisotopic (exact) mass is 335 g/mol. The Morgan fingerprint density at radius 1 is 1.33 bits per heavy atom. The van der Waals surface area contributed by atoms with E-state index in [9.17, 15) is 20.1 Å². The molecule has 0 aliphatic carbocycles. The Morgan fingerprint density at radius 3 is 2.75 bits per heavy atom. The molecule has 0 radical (unpaired) electrons. The highest BCUT2D eigenvalue weighted by atomic mass is 16.6. The fraction of sp³-hybridized carbons (Fsp3) is 0.500. The Kier molecular flexibility index (Phi) is 3.25. The molecule has 3 aromatic heterocycles. The van der Waals surface area contributed by atoms with Gasteiger partial charge in [-0.25, -0.2) is 9.38 Å². The van der Waals surface area contributed by atoms with Gasteiger partial charge < -0.3 is 24.6 Å². The van der Waals surface area contributed by atoms with Gasteiger partial charge in [0.2, 0.25) is 5.78 Å². The lowest BCUT2D eigenvalue weighted by Gasteiger charge is -2.16. The molecular formula is C14H17N5O5. The van der Waals surface area contributed by atoms with Crippen LogP contribution in [0.4, 0.5) is 0 Å². The number of rotatable bonds is 2. The summed E-state index contributed by atoms with van der Waals surface area (Å²) in [4.78, 5) is 21.1. The normalized spacial score (nSPS) is 27.5. The van der Waals surface area contributed by atoms with Gasteiger partial charge in [0, 0.05) is 18.9 Å². The van der Waals surface area contributed by atoms with Crippen molar-refractivity contribution in [2.24, 2.45) is 7.05 Å². The molecule has 4 heterocycles. The number of aliphatic hydroxyl groups excluding tert-OH is 3. The first-order valence-electron chi connectivity index (χ1n) is 7.47. The third-order valence-electron chi connectivity index (χ3n) is 4.55. The molecule has 24 heavy (non-hydrogen) atoms. The lowest BCUT2D eigenvalue weighted by molar-refractivity contribution is -0.0511. The number of hydrogen-bond donors (Lipinski definition) is 3. The second-order valence-electron chi connectivity index (χ2n) is 5.97. The third-order valence-corrected chi connectivity index (χ3v) is 4.55. The van der Waals surface area contributed by atoms with Crippen LogP contribution in [0.25, 0.3) is 16.9 Å². The molecule has 1 saturated heterocycles. The molecule has 1 fully saturated rings. The maximum Gasteiger partial charge on any atom is 0.287 e. The van der Waals surface area contributed by atoms with E-state index in [1.165, 1.54) is 15.3 Å². The number of fused-ring (bicyclic) bond motifs is 2. The van der Waals surface area contributed by atoms with Crippen LogP contribution in [0.15, 0.2) is 17.3 Å². The van der Waals surface area contributed by atoms with Gasteiger partial charge in [0.15, 0.2) is 17.4 Å². The zero-order chi connectivity index (χ0) is 17.2. The molecule has 128 valence electrons. The molecule has 3 N–H and O–H groups in total. The van der Waals surface area contributed by atoms with Gasteiger partial charge in [-0.2, -0.15) is 4.98 Å². The van der Waals surface area contributed by atoms with Crippen LogP contribution in [0.3, 0.4) is 0 Å². The van der Waals surface area contributed by atoms with Crippen molar-refractivity contribution in [3.63, 3.8) is 0 Å². The smallest absolute Gasteiger partial charge is 0.287 e. The lowest BCUT2D eigenvalue weighted by atomic mass is 10.1. The van der Waals surface area contributed by atoms with Gasteiger partial charge in [-0.3, -0.25) is 9.36 Å². The Balaban J connectivity index is 1.93. The molecule has 3 aromatic rings. The first-order chi connectivity index (χ1) is 11.4. The number of aliphatic hydroxyl groups is 3. The molecule has 0 amide bonds. The number of hydrogen-bond acceptors (Lipinski definition) is 7. The van der Waals surface area contributed by atoms with Gasteiger partial charge in [-0.15, -0.1) is 0 Å². The zero-order valence-electron chi connectivity index (χ0n) is 13.1. The van der Waals surface area contributed by atoms with Crippen molar-refractivity contribution >= 4 is 16.9 Å². The first kappa shape index (κ1) is 15.3. The van der Waals surface area contributed by atoms with E-state index in [-0.39, 0.29) is 16.7 Å². The van der Waals surface area contributed by atoms with Crippen LogP contribution in [0, 0.1) is 6.92 Å². The van der Waals surface area contributed by atoms with Crippen molar-refractivity contribution in [1.82, 2.24) is 23.5 Å². The molecule has 0 saturated carbocycles. The summed E-state index contributed by atoms with van der Waals surface area (Å²) in [5, 5.41) is 29.3. The van der Waals surface area contributed by atoms with Crippen LogP contribution < -0.4 is 5.56 Å². The molecule has 4 atom stereocenters. The molecule has 1 unspecified atom stereocenters. The number of nitrogens with zero attached hydrogens (tertiary/aromatic N) is 5. The summed E-state index contributed by atoms with van der Waals surface area (Å²) in [6, 6.07) is 0. The predicted molar refractivity (Wildman–Crippen MR) is 81.5 cm³/mol. The van der Waals surface area contributed by atoms with E-state index in [1.54, 1.807) is 17.8 Å². The number of ether oxygens (including phenoxy) is 1. The molecule has 0 spiro atoms. The third kappa shape index (κ3) is 1.88. The van der Waals surface area contributed by atoms with Gasteiger partial charge in [0.1, 0.15) is 18.3 Å². The fourth-order valence-electron chi connectivity index (χ4n) is 3.05. The Morgan fingerprint density at radius 2 is 2.08 bits per heavy atom. The SMILES string of the molecule is Cc1cn2c(=O)c3ncn([C@@H]4O[C@H](CO)C(O)[C@@H]4O)c3nc2n1C. The highest BCUT2D eigenvalue weighted by Crippen LogP contribution is 2.30. The summed E-state index contributed by atoms with van der Waals surface area (Å²) in [6.07, 6.45) is -1.39. The Bertz CT molecular complexity index is 989. The van der Waals surface area contributed by atoms with Crippen molar-refractivity contribution in [3.05, 3.63) is 28.6 Å². The molecule has 0 bridgehead atoms. The van der Waals surface area contributed by atoms with Gasteiger partial charge in [0.25, 0.3) is 5.56 Å². The number of imidazole rings is 2. The average Bonchev–Trinajstić information content (AvgIpc) is 3.19. The average molecular weight is 335 g/mol. The van der Waals surface area contributed by atoms with Gasteiger partial charge in [0.05, 0.1) is 12.9 Å². The van der Waals surface area contributed by atoms with E-state index in [2.05, 4.69) is 9.97 Å². The van der Waals surface area contributed by atoms with E-state index < -0.39 is 31.1 Å².